The molecule has 1 aliphatic rings. The first kappa shape index (κ1) is 32.0. The molecule has 0 bridgehead atoms. The van der Waals surface area contributed by atoms with Crippen molar-refractivity contribution in [1.82, 2.24) is 24.1 Å². The standard InChI is InChI=1S/C50H34N6/c1-6-33(24-35(8-1)39-10-4-20-51-29-39)37-14-16-47-45(26-37)43-18-22-53-31-49(43)55(47)41-12-3-13-42(28-41)56-48-17-15-38(27-46(48)44-19-23-54-32-50(44)56)34-7-2-9-36(25-34)40-11-5-21-52-30-40/h1-4,6-20,22-32H,5,21H2. The van der Waals surface area contributed by atoms with Gasteiger partial charge in [-0.25, -0.2) is 0 Å². The Morgan fingerprint density at radius 2 is 0.929 bits per heavy atom. The second kappa shape index (κ2) is 13.1. The van der Waals surface area contributed by atoms with Gasteiger partial charge in [-0.3, -0.25) is 19.9 Å². The molecule has 6 nitrogen and oxygen atoms in total. The SMILES string of the molecule is C1=NCCC=C1c1cccc(-c2ccc3c(c2)c2ccncc2n3-c2cccc(-n3c4ccc(-c5cccc(-c6cccnc6)c5)cc4c4ccncc43)c2)c1. The van der Waals surface area contributed by atoms with Crippen LogP contribution in [0.5, 0.6) is 0 Å². The lowest BCUT2D eigenvalue weighted by Gasteiger charge is -2.13. The lowest BCUT2D eigenvalue weighted by molar-refractivity contribution is 1.01. The van der Waals surface area contributed by atoms with Crippen molar-refractivity contribution in [3.05, 3.63) is 182 Å². The van der Waals surface area contributed by atoms with Gasteiger partial charge in [0.2, 0.25) is 0 Å². The third-order valence-electron chi connectivity index (χ3n) is 11.1. The first-order valence-corrected chi connectivity index (χ1v) is 19.0. The normalized spacial score (nSPS) is 12.9. The molecule has 0 fully saturated rings. The van der Waals surface area contributed by atoms with Crippen LogP contribution in [0.15, 0.2) is 182 Å². The van der Waals surface area contributed by atoms with Gasteiger partial charge in [0.15, 0.2) is 0 Å². The number of nitrogens with zero attached hydrogens (tertiary/aromatic N) is 6. The zero-order valence-corrected chi connectivity index (χ0v) is 30.4. The Kier molecular flexibility index (Phi) is 7.52. The van der Waals surface area contributed by atoms with E-state index in [1.165, 1.54) is 38.4 Å². The van der Waals surface area contributed by atoms with E-state index in [2.05, 4.69) is 163 Å². The van der Waals surface area contributed by atoms with Gasteiger partial charge in [-0.15, -0.1) is 0 Å². The molecule has 6 heterocycles. The summed E-state index contributed by atoms with van der Waals surface area (Å²) in [6.45, 7) is 0.863. The van der Waals surface area contributed by atoms with E-state index in [4.69, 9.17) is 0 Å². The van der Waals surface area contributed by atoms with Crippen molar-refractivity contribution in [3.8, 4) is 44.8 Å². The van der Waals surface area contributed by atoms with E-state index in [0.29, 0.717) is 0 Å². The Labute approximate surface area is 323 Å². The number of aromatic nitrogens is 5. The number of aliphatic imine (C=N–C) groups is 1. The number of fused-ring (bicyclic) bond motifs is 6. The quantitative estimate of drug-likeness (QED) is 0.172. The highest BCUT2D eigenvalue weighted by molar-refractivity contribution is 6.12. The van der Waals surface area contributed by atoms with E-state index >= 15 is 0 Å². The minimum absolute atomic E-state index is 0.863. The number of allylic oxidation sites excluding steroid dienone is 1. The summed E-state index contributed by atoms with van der Waals surface area (Å²) >= 11 is 0. The van der Waals surface area contributed by atoms with Crippen LogP contribution < -0.4 is 0 Å². The Morgan fingerprint density at radius 3 is 1.52 bits per heavy atom. The fourth-order valence-corrected chi connectivity index (χ4v) is 8.42. The van der Waals surface area contributed by atoms with Gasteiger partial charge < -0.3 is 9.13 Å². The van der Waals surface area contributed by atoms with Gasteiger partial charge in [-0.2, -0.15) is 0 Å². The number of dihydropyridines is 1. The Morgan fingerprint density at radius 1 is 0.393 bits per heavy atom. The molecule has 0 spiro atoms. The highest BCUT2D eigenvalue weighted by Gasteiger charge is 2.18. The summed E-state index contributed by atoms with van der Waals surface area (Å²) in [5, 5.41) is 4.70. The van der Waals surface area contributed by atoms with Crippen molar-refractivity contribution < 1.29 is 0 Å². The lowest BCUT2D eigenvalue weighted by atomic mass is 9.97. The minimum Gasteiger partial charge on any atom is -0.308 e. The van der Waals surface area contributed by atoms with E-state index in [0.717, 1.165) is 74.0 Å². The molecule has 5 aromatic carbocycles. The molecule has 0 radical (unpaired) electrons. The number of pyridine rings is 3. The van der Waals surface area contributed by atoms with Gasteiger partial charge in [0.1, 0.15) is 0 Å². The van der Waals surface area contributed by atoms with Crippen LogP contribution in [0.4, 0.5) is 0 Å². The molecule has 0 aliphatic carbocycles. The number of rotatable bonds is 6. The largest absolute Gasteiger partial charge is 0.308 e. The van der Waals surface area contributed by atoms with Crippen LogP contribution in [0.25, 0.3) is 93.9 Å². The number of hydrogen-bond donors (Lipinski definition) is 0. The van der Waals surface area contributed by atoms with Crippen LogP contribution in [-0.2, 0) is 0 Å². The van der Waals surface area contributed by atoms with Crippen molar-refractivity contribution in [2.24, 2.45) is 4.99 Å². The summed E-state index contributed by atoms with van der Waals surface area (Å²) in [5.74, 6) is 0. The van der Waals surface area contributed by atoms with E-state index in [9.17, 15) is 0 Å². The smallest absolute Gasteiger partial charge is 0.0724 e. The molecule has 0 saturated carbocycles. The van der Waals surface area contributed by atoms with Crippen LogP contribution in [0.2, 0.25) is 0 Å². The van der Waals surface area contributed by atoms with E-state index in [1.54, 1.807) is 0 Å². The van der Waals surface area contributed by atoms with Gasteiger partial charge in [-0.1, -0.05) is 66.7 Å². The summed E-state index contributed by atoms with van der Waals surface area (Å²) in [4.78, 5) is 18.0. The Hall–Kier alpha value is -7.44. The fraction of sp³-hybridized carbons (Fsp3) is 0.0400. The maximum Gasteiger partial charge on any atom is 0.0724 e. The van der Waals surface area contributed by atoms with Gasteiger partial charge in [0.05, 0.1) is 34.5 Å². The fourth-order valence-electron chi connectivity index (χ4n) is 8.42. The third kappa shape index (κ3) is 5.34. The molecule has 0 saturated heterocycles. The predicted molar refractivity (Wildman–Crippen MR) is 231 cm³/mol. The monoisotopic (exact) mass is 718 g/mol. The maximum atomic E-state index is 4.59. The van der Waals surface area contributed by atoms with Crippen molar-refractivity contribution >= 4 is 55.4 Å². The highest BCUT2D eigenvalue weighted by atomic mass is 15.0. The van der Waals surface area contributed by atoms with Gasteiger partial charge >= 0.3 is 0 Å². The summed E-state index contributed by atoms with van der Waals surface area (Å²) in [7, 11) is 0. The molecule has 10 aromatic rings. The molecule has 11 rings (SSSR count). The van der Waals surface area contributed by atoms with E-state index < -0.39 is 0 Å². The molecule has 0 amide bonds. The van der Waals surface area contributed by atoms with Crippen LogP contribution in [0.1, 0.15) is 12.0 Å². The number of benzene rings is 5. The van der Waals surface area contributed by atoms with Crippen molar-refractivity contribution in [1.29, 1.82) is 0 Å². The molecular weight excluding hydrogens is 685 g/mol. The lowest BCUT2D eigenvalue weighted by Crippen LogP contribution is -1.99. The van der Waals surface area contributed by atoms with Crippen molar-refractivity contribution in [2.75, 3.05) is 6.54 Å². The van der Waals surface area contributed by atoms with Crippen LogP contribution in [-0.4, -0.2) is 36.8 Å². The first-order valence-electron chi connectivity index (χ1n) is 19.0. The van der Waals surface area contributed by atoms with Gasteiger partial charge in [0, 0.05) is 76.0 Å². The van der Waals surface area contributed by atoms with Crippen LogP contribution in [0, 0.1) is 0 Å². The summed E-state index contributed by atoms with van der Waals surface area (Å²) in [6, 6.07) is 48.2. The molecule has 6 heteroatoms. The van der Waals surface area contributed by atoms with Crippen LogP contribution in [0.3, 0.4) is 0 Å². The van der Waals surface area contributed by atoms with Gasteiger partial charge in [-0.05, 0) is 118 Å². The topological polar surface area (TPSA) is 60.9 Å². The molecule has 56 heavy (non-hydrogen) atoms. The van der Waals surface area contributed by atoms with Crippen LogP contribution >= 0.6 is 0 Å². The molecule has 1 aliphatic heterocycles. The minimum atomic E-state index is 0.863. The zero-order valence-electron chi connectivity index (χ0n) is 30.4. The third-order valence-corrected chi connectivity index (χ3v) is 11.1. The summed E-state index contributed by atoms with van der Waals surface area (Å²) in [5.41, 5.74) is 15.8. The zero-order chi connectivity index (χ0) is 37.0. The molecule has 264 valence electrons. The second-order valence-electron chi connectivity index (χ2n) is 14.3. The molecule has 0 unspecified atom stereocenters. The summed E-state index contributed by atoms with van der Waals surface area (Å²) < 4.78 is 4.67. The molecular formula is C50H34N6. The van der Waals surface area contributed by atoms with E-state index in [-0.39, 0.29) is 0 Å². The average Bonchev–Trinajstić information content (AvgIpc) is 3.79. The van der Waals surface area contributed by atoms with Crippen molar-refractivity contribution in [2.45, 2.75) is 6.42 Å². The first-order chi connectivity index (χ1) is 27.8. The maximum absolute atomic E-state index is 4.59. The predicted octanol–water partition coefficient (Wildman–Crippen LogP) is 11.9. The molecule has 0 atom stereocenters. The summed E-state index contributed by atoms with van der Waals surface area (Å²) in [6.07, 6.45) is 16.7. The Balaban J connectivity index is 1.03. The second-order valence-corrected chi connectivity index (χ2v) is 14.3. The number of hydrogen-bond acceptors (Lipinski definition) is 4. The van der Waals surface area contributed by atoms with Gasteiger partial charge in [0.25, 0.3) is 0 Å². The average molecular weight is 719 g/mol. The Bertz CT molecular complexity index is 3200. The molecule has 5 aromatic heterocycles. The van der Waals surface area contributed by atoms with Crippen molar-refractivity contribution in [3.63, 3.8) is 0 Å². The molecule has 0 N–H and O–H groups in total. The van der Waals surface area contributed by atoms with E-state index in [1.807, 2.05) is 49.5 Å². The highest BCUT2D eigenvalue weighted by Crippen LogP contribution is 2.38.